The molecule has 2 unspecified atom stereocenters. The lowest BCUT2D eigenvalue weighted by Gasteiger charge is -2.22. The molecule has 0 aliphatic carbocycles. The van der Waals surface area contributed by atoms with E-state index in [9.17, 15) is 0 Å². The standard InChI is InChI=1S/C16H22N4O2/c1-3-11-21-15(5-1)19-9-7-13(17-19)14-8-10-20(18-14)16-6-2-4-12-22-16/h7-10,15-16H,1-6,11-12H2. The van der Waals surface area contributed by atoms with Gasteiger partial charge in [-0.15, -0.1) is 0 Å². The second kappa shape index (κ2) is 6.22. The van der Waals surface area contributed by atoms with Crippen LogP contribution < -0.4 is 0 Å². The van der Waals surface area contributed by atoms with E-state index in [2.05, 4.69) is 10.2 Å². The zero-order valence-electron chi connectivity index (χ0n) is 12.7. The molecule has 2 aliphatic heterocycles. The highest BCUT2D eigenvalue weighted by Crippen LogP contribution is 2.26. The van der Waals surface area contributed by atoms with Crippen LogP contribution in [0.5, 0.6) is 0 Å². The summed E-state index contributed by atoms with van der Waals surface area (Å²) in [4.78, 5) is 0. The highest BCUT2D eigenvalue weighted by atomic mass is 16.5. The van der Waals surface area contributed by atoms with E-state index >= 15 is 0 Å². The predicted octanol–water partition coefficient (Wildman–Crippen LogP) is 3.14. The molecule has 0 saturated carbocycles. The molecule has 118 valence electrons. The van der Waals surface area contributed by atoms with Crippen molar-refractivity contribution in [2.24, 2.45) is 0 Å². The van der Waals surface area contributed by atoms with Gasteiger partial charge in [-0.1, -0.05) is 0 Å². The average molecular weight is 302 g/mol. The van der Waals surface area contributed by atoms with Gasteiger partial charge in [-0.3, -0.25) is 0 Å². The Morgan fingerprint density at radius 2 is 1.27 bits per heavy atom. The molecule has 0 bridgehead atoms. The Bertz CT molecular complexity index is 555. The zero-order valence-corrected chi connectivity index (χ0v) is 12.7. The van der Waals surface area contributed by atoms with Crippen molar-refractivity contribution in [1.29, 1.82) is 0 Å². The van der Waals surface area contributed by atoms with E-state index in [1.807, 2.05) is 33.9 Å². The van der Waals surface area contributed by atoms with Crippen molar-refractivity contribution < 1.29 is 9.47 Å². The topological polar surface area (TPSA) is 54.1 Å². The van der Waals surface area contributed by atoms with E-state index < -0.39 is 0 Å². The van der Waals surface area contributed by atoms with Crippen LogP contribution in [0.15, 0.2) is 24.5 Å². The quantitative estimate of drug-likeness (QED) is 0.874. The summed E-state index contributed by atoms with van der Waals surface area (Å²) >= 11 is 0. The summed E-state index contributed by atoms with van der Waals surface area (Å²) in [7, 11) is 0. The molecular formula is C16H22N4O2. The van der Waals surface area contributed by atoms with Crippen molar-refractivity contribution in [3.05, 3.63) is 24.5 Å². The Morgan fingerprint density at radius 3 is 1.68 bits per heavy atom. The van der Waals surface area contributed by atoms with Crippen molar-refractivity contribution >= 4 is 0 Å². The van der Waals surface area contributed by atoms with Crippen LogP contribution in [-0.4, -0.2) is 32.8 Å². The van der Waals surface area contributed by atoms with Crippen LogP contribution in [0.25, 0.3) is 11.4 Å². The van der Waals surface area contributed by atoms with Crippen molar-refractivity contribution in [3.8, 4) is 11.4 Å². The molecule has 0 amide bonds. The Hall–Kier alpha value is -1.66. The average Bonchev–Trinajstić information content (AvgIpc) is 3.26. The summed E-state index contributed by atoms with van der Waals surface area (Å²) in [6.45, 7) is 1.65. The van der Waals surface area contributed by atoms with Crippen molar-refractivity contribution in [1.82, 2.24) is 19.6 Å². The van der Waals surface area contributed by atoms with Gasteiger partial charge in [0, 0.05) is 25.6 Å². The fourth-order valence-electron chi connectivity index (χ4n) is 3.13. The summed E-state index contributed by atoms with van der Waals surface area (Å²) in [5, 5.41) is 9.28. The molecule has 6 heteroatoms. The maximum Gasteiger partial charge on any atom is 0.150 e. The predicted molar refractivity (Wildman–Crippen MR) is 81.1 cm³/mol. The highest BCUT2D eigenvalue weighted by Gasteiger charge is 2.19. The molecule has 2 atom stereocenters. The number of hydrogen-bond acceptors (Lipinski definition) is 4. The van der Waals surface area contributed by atoms with Crippen LogP contribution >= 0.6 is 0 Å². The summed E-state index contributed by atoms with van der Waals surface area (Å²) in [6.07, 6.45) is 10.9. The van der Waals surface area contributed by atoms with Crippen LogP contribution in [0.1, 0.15) is 51.0 Å². The number of ether oxygens (including phenoxy) is 2. The second-order valence-corrected chi connectivity index (χ2v) is 6.00. The van der Waals surface area contributed by atoms with Gasteiger partial charge in [-0.05, 0) is 50.7 Å². The SMILES string of the molecule is c1cn(C2CCCCO2)nc1-c1ccn(C2CCCCO2)n1. The van der Waals surface area contributed by atoms with Gasteiger partial charge in [0.05, 0.1) is 0 Å². The molecule has 2 aromatic rings. The maximum atomic E-state index is 5.77. The normalized spacial score (nSPS) is 26.2. The minimum atomic E-state index is 0.0752. The molecule has 2 fully saturated rings. The van der Waals surface area contributed by atoms with Crippen molar-refractivity contribution in [2.75, 3.05) is 13.2 Å². The monoisotopic (exact) mass is 302 g/mol. The van der Waals surface area contributed by atoms with Gasteiger partial charge in [0.25, 0.3) is 0 Å². The molecular weight excluding hydrogens is 280 g/mol. The molecule has 22 heavy (non-hydrogen) atoms. The smallest absolute Gasteiger partial charge is 0.150 e. The maximum absolute atomic E-state index is 5.77. The molecule has 0 spiro atoms. The first-order valence-electron chi connectivity index (χ1n) is 8.24. The van der Waals surface area contributed by atoms with Gasteiger partial charge in [0.2, 0.25) is 0 Å². The lowest BCUT2D eigenvalue weighted by Crippen LogP contribution is -2.19. The van der Waals surface area contributed by atoms with E-state index in [4.69, 9.17) is 9.47 Å². The number of aromatic nitrogens is 4. The van der Waals surface area contributed by atoms with E-state index in [0.717, 1.165) is 50.3 Å². The molecule has 4 rings (SSSR count). The molecule has 4 heterocycles. The number of rotatable bonds is 3. The summed E-state index contributed by atoms with van der Waals surface area (Å²) in [5.41, 5.74) is 1.78. The van der Waals surface area contributed by atoms with Gasteiger partial charge in [-0.25, -0.2) is 9.36 Å². The Labute approximate surface area is 130 Å². The molecule has 2 aliphatic rings. The fraction of sp³-hybridized carbons (Fsp3) is 0.625. The van der Waals surface area contributed by atoms with E-state index in [0.29, 0.717) is 0 Å². The van der Waals surface area contributed by atoms with Crippen molar-refractivity contribution in [3.63, 3.8) is 0 Å². The van der Waals surface area contributed by atoms with Gasteiger partial charge in [-0.2, -0.15) is 10.2 Å². The van der Waals surface area contributed by atoms with Crippen LogP contribution in [0.3, 0.4) is 0 Å². The van der Waals surface area contributed by atoms with E-state index in [-0.39, 0.29) is 12.5 Å². The highest BCUT2D eigenvalue weighted by molar-refractivity contribution is 5.52. The summed E-state index contributed by atoms with van der Waals surface area (Å²) in [5.74, 6) is 0. The second-order valence-electron chi connectivity index (χ2n) is 6.00. The molecule has 0 N–H and O–H groups in total. The number of hydrogen-bond donors (Lipinski definition) is 0. The first-order valence-corrected chi connectivity index (χ1v) is 8.24. The third-order valence-electron chi connectivity index (χ3n) is 4.38. The minimum absolute atomic E-state index is 0.0752. The summed E-state index contributed by atoms with van der Waals surface area (Å²) in [6, 6.07) is 4.01. The van der Waals surface area contributed by atoms with Crippen molar-refractivity contribution in [2.45, 2.75) is 51.0 Å². The Balaban J connectivity index is 1.50. The molecule has 0 radical (unpaired) electrons. The van der Waals surface area contributed by atoms with Crippen LogP contribution in [0.2, 0.25) is 0 Å². The first kappa shape index (κ1) is 14.0. The van der Waals surface area contributed by atoms with Gasteiger partial charge < -0.3 is 9.47 Å². The number of nitrogens with zero attached hydrogens (tertiary/aromatic N) is 4. The van der Waals surface area contributed by atoms with Gasteiger partial charge >= 0.3 is 0 Å². The molecule has 2 aromatic heterocycles. The molecule has 2 saturated heterocycles. The third kappa shape index (κ3) is 2.80. The Kier molecular flexibility index (Phi) is 3.95. The van der Waals surface area contributed by atoms with Gasteiger partial charge in [0.1, 0.15) is 23.8 Å². The van der Waals surface area contributed by atoms with E-state index in [1.54, 1.807) is 0 Å². The van der Waals surface area contributed by atoms with Crippen LogP contribution in [0.4, 0.5) is 0 Å². The van der Waals surface area contributed by atoms with Crippen LogP contribution in [0, 0.1) is 0 Å². The van der Waals surface area contributed by atoms with Gasteiger partial charge in [0.15, 0.2) is 0 Å². The third-order valence-corrected chi connectivity index (χ3v) is 4.38. The first-order chi connectivity index (χ1) is 10.9. The zero-order chi connectivity index (χ0) is 14.8. The largest absolute Gasteiger partial charge is 0.357 e. The summed E-state index contributed by atoms with van der Waals surface area (Å²) < 4.78 is 15.4. The minimum Gasteiger partial charge on any atom is -0.357 e. The molecule has 6 nitrogen and oxygen atoms in total. The lowest BCUT2D eigenvalue weighted by atomic mass is 10.2. The van der Waals surface area contributed by atoms with Crippen LogP contribution in [-0.2, 0) is 9.47 Å². The Morgan fingerprint density at radius 1 is 0.773 bits per heavy atom. The fourth-order valence-corrected chi connectivity index (χ4v) is 3.13. The molecule has 0 aromatic carbocycles. The lowest BCUT2D eigenvalue weighted by molar-refractivity contribution is -0.0398. The van der Waals surface area contributed by atoms with E-state index in [1.165, 1.54) is 12.8 Å².